The van der Waals surface area contributed by atoms with Gasteiger partial charge in [-0.1, -0.05) is 12.1 Å². The number of Topliss-reactive ketones (excluding diaryl/α,β-unsaturated/α-hetero) is 1. The summed E-state index contributed by atoms with van der Waals surface area (Å²) in [5.74, 6) is -1.59. The largest absolute Gasteiger partial charge is 0.508 e. The zero-order valence-electron chi connectivity index (χ0n) is 16.5. The van der Waals surface area contributed by atoms with Crippen LogP contribution in [0.25, 0.3) is 0 Å². The van der Waals surface area contributed by atoms with Crippen LogP contribution in [-0.2, 0) is 4.74 Å². The topological polar surface area (TPSA) is 186 Å². The Morgan fingerprint density at radius 3 is 2.28 bits per heavy atom. The molecule has 1 fully saturated rings. The third kappa shape index (κ3) is 3.86. The number of hydrogen-bond acceptors (Lipinski definition) is 11. The van der Waals surface area contributed by atoms with Gasteiger partial charge >= 0.3 is 0 Å². The molecule has 0 saturated carbocycles. The van der Waals surface area contributed by atoms with Crippen LogP contribution in [0.2, 0.25) is 0 Å². The molecule has 7 N–H and O–H groups in total. The van der Waals surface area contributed by atoms with Crippen molar-refractivity contribution in [1.29, 1.82) is 0 Å². The van der Waals surface area contributed by atoms with Crippen LogP contribution in [-0.4, -0.2) is 84.9 Å². The molecule has 172 valence electrons. The number of ketones is 1. The van der Waals surface area contributed by atoms with Crippen molar-refractivity contribution >= 4 is 5.78 Å². The Morgan fingerprint density at radius 1 is 0.938 bits per heavy atom. The van der Waals surface area contributed by atoms with Crippen molar-refractivity contribution < 1.29 is 54.8 Å². The summed E-state index contributed by atoms with van der Waals surface area (Å²) in [4.78, 5) is 12.7. The minimum absolute atomic E-state index is 0.0152. The monoisotopic (exact) mass is 450 g/mol. The average Bonchev–Trinajstić information content (AvgIpc) is 2.77. The molecule has 2 aliphatic heterocycles. The summed E-state index contributed by atoms with van der Waals surface area (Å²) < 4.78 is 16.5. The fourth-order valence-electron chi connectivity index (χ4n) is 3.68. The zero-order chi connectivity index (χ0) is 23.2. The van der Waals surface area contributed by atoms with Crippen molar-refractivity contribution in [2.24, 2.45) is 0 Å². The van der Waals surface area contributed by atoms with Crippen LogP contribution >= 0.6 is 0 Å². The second-order valence-electron chi connectivity index (χ2n) is 7.57. The molecule has 2 aliphatic rings. The van der Waals surface area contributed by atoms with E-state index < -0.39 is 61.1 Å². The molecular weight excluding hydrogens is 428 g/mol. The van der Waals surface area contributed by atoms with Gasteiger partial charge in [0.15, 0.2) is 12.2 Å². The number of fused-ring (bicyclic) bond motifs is 1. The zero-order valence-corrected chi connectivity index (χ0v) is 16.5. The van der Waals surface area contributed by atoms with E-state index in [2.05, 4.69) is 0 Å². The van der Waals surface area contributed by atoms with Crippen LogP contribution in [0.5, 0.6) is 23.0 Å². The van der Waals surface area contributed by atoms with Crippen molar-refractivity contribution in [1.82, 2.24) is 0 Å². The van der Waals surface area contributed by atoms with Crippen LogP contribution < -0.4 is 9.47 Å². The lowest BCUT2D eigenvalue weighted by atomic mass is 9.93. The summed E-state index contributed by atoms with van der Waals surface area (Å²) in [6.07, 6.45) is -10.4. The number of ether oxygens (including phenoxy) is 3. The summed E-state index contributed by atoms with van der Waals surface area (Å²) in [7, 11) is 0. The summed E-state index contributed by atoms with van der Waals surface area (Å²) in [5.41, 5.74) is 0.128. The maximum atomic E-state index is 12.7. The van der Waals surface area contributed by atoms with Gasteiger partial charge in [0.2, 0.25) is 12.1 Å². The molecule has 0 aliphatic carbocycles. The third-order valence-corrected chi connectivity index (χ3v) is 5.43. The maximum absolute atomic E-state index is 12.7. The standard InChI is InChI=1S/C21H22O11/c22-7-13-15(25)17(27)19(29)21(32-13)30-10-5-11(24)14-12(6-10)31-20(18(28)16(14)26)8-1-3-9(23)4-2-8/h1-6,13,15,17-25,27-29H,7H2/t13-,15-,17+,18+,19-,20-,21-/m1/s1. The minimum atomic E-state index is -1.68. The maximum Gasteiger partial charge on any atom is 0.229 e. The number of carbonyl (C=O) groups excluding carboxylic acids is 1. The summed E-state index contributed by atoms with van der Waals surface area (Å²) in [6.45, 7) is -0.649. The van der Waals surface area contributed by atoms with E-state index >= 15 is 0 Å². The first kappa shape index (κ1) is 22.3. The number of phenolic OH excluding ortho intramolecular Hbond substituents is 2. The van der Waals surface area contributed by atoms with Gasteiger partial charge in [0.05, 0.1) is 6.61 Å². The van der Waals surface area contributed by atoms with E-state index in [9.17, 15) is 40.5 Å². The Labute approximate surface area is 181 Å². The SMILES string of the molecule is O=C1c2c(O)cc(O[C@@H]3O[C@H](CO)[C@@H](O)[C@H](O)[C@H]3O)cc2O[C@H](c2ccc(O)cc2)[C@H]1O. The van der Waals surface area contributed by atoms with Crippen LogP contribution in [0.1, 0.15) is 22.0 Å². The highest BCUT2D eigenvalue weighted by molar-refractivity contribution is 6.05. The highest BCUT2D eigenvalue weighted by Crippen LogP contribution is 2.42. The van der Waals surface area contributed by atoms with Crippen LogP contribution in [0, 0.1) is 0 Å². The van der Waals surface area contributed by atoms with Crippen LogP contribution in [0.3, 0.4) is 0 Å². The number of aliphatic hydroxyl groups excluding tert-OH is 5. The predicted molar refractivity (Wildman–Crippen MR) is 104 cm³/mol. The Hall–Kier alpha value is -2.93. The smallest absolute Gasteiger partial charge is 0.229 e. The fraction of sp³-hybridized carbons (Fsp3) is 0.381. The molecule has 0 amide bonds. The first-order chi connectivity index (χ1) is 15.2. The van der Waals surface area contributed by atoms with Gasteiger partial charge in [0.25, 0.3) is 0 Å². The number of aromatic hydroxyl groups is 2. The molecular formula is C21H22O11. The molecule has 32 heavy (non-hydrogen) atoms. The lowest BCUT2D eigenvalue weighted by Gasteiger charge is -2.39. The van der Waals surface area contributed by atoms with E-state index in [-0.39, 0.29) is 22.8 Å². The number of hydrogen-bond donors (Lipinski definition) is 7. The van der Waals surface area contributed by atoms with Gasteiger partial charge < -0.3 is 50.0 Å². The second-order valence-corrected chi connectivity index (χ2v) is 7.57. The Morgan fingerprint density at radius 2 is 1.62 bits per heavy atom. The number of phenols is 2. The van der Waals surface area contributed by atoms with Crippen molar-refractivity contribution in [2.45, 2.75) is 42.9 Å². The molecule has 2 aromatic rings. The summed E-state index contributed by atoms with van der Waals surface area (Å²) in [5, 5.41) is 69.4. The van der Waals surface area contributed by atoms with E-state index in [1.165, 1.54) is 30.3 Å². The molecule has 2 heterocycles. The molecule has 1 saturated heterocycles. The highest BCUT2D eigenvalue weighted by Gasteiger charge is 2.45. The molecule has 4 rings (SSSR count). The number of carbonyl (C=O) groups is 1. The summed E-state index contributed by atoms with van der Waals surface area (Å²) >= 11 is 0. The van der Waals surface area contributed by atoms with Gasteiger partial charge in [-0.2, -0.15) is 0 Å². The molecule has 0 spiro atoms. The van der Waals surface area contributed by atoms with Gasteiger partial charge in [-0.15, -0.1) is 0 Å². The van der Waals surface area contributed by atoms with E-state index in [1.54, 1.807) is 0 Å². The van der Waals surface area contributed by atoms with Crippen molar-refractivity contribution in [3.05, 3.63) is 47.5 Å². The van der Waals surface area contributed by atoms with Crippen molar-refractivity contribution in [3.63, 3.8) is 0 Å². The van der Waals surface area contributed by atoms with Gasteiger partial charge in [-0.25, -0.2) is 0 Å². The van der Waals surface area contributed by atoms with E-state index in [0.29, 0.717) is 5.56 Å². The Balaban J connectivity index is 1.63. The molecule has 11 heteroatoms. The van der Waals surface area contributed by atoms with Crippen molar-refractivity contribution in [2.75, 3.05) is 6.61 Å². The Kier molecular flexibility index (Phi) is 5.95. The number of rotatable bonds is 4. The minimum Gasteiger partial charge on any atom is -0.508 e. The first-order valence-corrected chi connectivity index (χ1v) is 9.73. The van der Waals surface area contributed by atoms with Gasteiger partial charge in [0, 0.05) is 12.1 Å². The molecule has 0 bridgehead atoms. The lowest BCUT2D eigenvalue weighted by molar-refractivity contribution is -0.277. The molecule has 11 nitrogen and oxygen atoms in total. The first-order valence-electron chi connectivity index (χ1n) is 9.73. The second kappa shape index (κ2) is 8.54. The third-order valence-electron chi connectivity index (χ3n) is 5.43. The van der Waals surface area contributed by atoms with E-state index in [0.717, 1.165) is 6.07 Å². The van der Waals surface area contributed by atoms with Gasteiger partial charge in [0.1, 0.15) is 53.0 Å². The lowest BCUT2D eigenvalue weighted by Crippen LogP contribution is -2.60. The predicted octanol–water partition coefficient (Wildman–Crippen LogP) is -1.05. The molecule has 2 aromatic carbocycles. The quantitative estimate of drug-likeness (QED) is 0.301. The highest BCUT2D eigenvalue weighted by atomic mass is 16.7. The average molecular weight is 450 g/mol. The van der Waals surface area contributed by atoms with E-state index in [4.69, 9.17) is 14.2 Å². The van der Waals surface area contributed by atoms with Crippen LogP contribution in [0.15, 0.2) is 36.4 Å². The molecule has 7 atom stereocenters. The van der Waals surface area contributed by atoms with Gasteiger partial charge in [-0.05, 0) is 17.7 Å². The fourth-order valence-corrected chi connectivity index (χ4v) is 3.68. The normalized spacial score (nSPS) is 32.2. The molecule has 0 unspecified atom stereocenters. The van der Waals surface area contributed by atoms with Gasteiger partial charge in [-0.3, -0.25) is 4.79 Å². The van der Waals surface area contributed by atoms with Crippen LogP contribution in [0.4, 0.5) is 0 Å². The van der Waals surface area contributed by atoms with E-state index in [1.807, 2.05) is 0 Å². The molecule has 0 aromatic heterocycles. The molecule has 0 radical (unpaired) electrons. The van der Waals surface area contributed by atoms with Crippen molar-refractivity contribution in [3.8, 4) is 23.0 Å². The number of aliphatic hydroxyl groups is 5. The Bertz CT molecular complexity index is 990. The summed E-state index contributed by atoms with van der Waals surface area (Å²) in [6, 6.07) is 7.93. The number of benzene rings is 2.